The summed E-state index contributed by atoms with van der Waals surface area (Å²) in [5.41, 5.74) is 11.3. The number of fused-ring (bicyclic) bond motifs is 6. The normalized spacial score (nSPS) is 11.5. The van der Waals surface area contributed by atoms with E-state index in [-0.39, 0.29) is 0 Å². The lowest BCUT2D eigenvalue weighted by molar-refractivity contribution is 0.927. The molecule has 0 N–H and O–H groups in total. The Bertz CT molecular complexity index is 2930. The molecule has 0 fully saturated rings. The second-order valence-electron chi connectivity index (χ2n) is 13.7. The molecule has 0 amide bonds. The molecule has 54 heavy (non-hydrogen) atoms. The third kappa shape index (κ3) is 4.98. The molecule has 7 aromatic carbocycles. The van der Waals surface area contributed by atoms with Crippen LogP contribution in [0.2, 0.25) is 0 Å². The van der Waals surface area contributed by atoms with E-state index in [0.29, 0.717) is 23.0 Å². The molecule has 6 heteroatoms. The number of rotatable bonds is 5. The van der Waals surface area contributed by atoms with Gasteiger partial charge in [0.2, 0.25) is 0 Å². The molecule has 0 radical (unpaired) electrons. The molecular formula is C48H32N6. The van der Waals surface area contributed by atoms with Crippen molar-refractivity contribution in [3.8, 4) is 51.1 Å². The highest BCUT2D eigenvalue weighted by molar-refractivity contribution is 6.12. The second kappa shape index (κ2) is 12.4. The molecule has 254 valence electrons. The van der Waals surface area contributed by atoms with Gasteiger partial charge in [0.05, 0.1) is 33.4 Å². The van der Waals surface area contributed by atoms with Crippen molar-refractivity contribution >= 4 is 43.6 Å². The molecule has 10 aromatic rings. The molecule has 3 heterocycles. The van der Waals surface area contributed by atoms with Gasteiger partial charge in [-0.3, -0.25) is 0 Å². The van der Waals surface area contributed by atoms with Gasteiger partial charge in [-0.1, -0.05) is 121 Å². The predicted molar refractivity (Wildman–Crippen MR) is 219 cm³/mol. The number of nitriles is 1. The van der Waals surface area contributed by atoms with Crippen molar-refractivity contribution in [3.63, 3.8) is 0 Å². The van der Waals surface area contributed by atoms with Crippen LogP contribution >= 0.6 is 0 Å². The number of hydrogen-bond donors (Lipinski definition) is 0. The SMILES string of the molecule is Cc1nc(C)nc(-c2cc(-n3c4ccccc4c4ccc(-c5ccccc5)cc43)c(C#N)c(-n3c4ccccc4c4ccc(-c5ccccc5)cc43)c2)n1. The Kier molecular flexibility index (Phi) is 7.21. The van der Waals surface area contributed by atoms with Gasteiger partial charge < -0.3 is 9.13 Å². The van der Waals surface area contributed by atoms with Crippen LogP contribution in [0.25, 0.3) is 88.6 Å². The first-order valence-corrected chi connectivity index (χ1v) is 18.0. The van der Waals surface area contributed by atoms with Crippen molar-refractivity contribution in [3.05, 3.63) is 175 Å². The lowest BCUT2D eigenvalue weighted by atomic mass is 10.0. The monoisotopic (exact) mass is 692 g/mol. The minimum absolute atomic E-state index is 0.543. The van der Waals surface area contributed by atoms with Crippen LogP contribution in [0, 0.1) is 25.2 Å². The number of benzene rings is 7. The van der Waals surface area contributed by atoms with Gasteiger partial charge in [-0.2, -0.15) is 5.26 Å². The van der Waals surface area contributed by atoms with Crippen LogP contribution in [0.5, 0.6) is 0 Å². The van der Waals surface area contributed by atoms with Crippen molar-refractivity contribution in [1.29, 1.82) is 5.26 Å². The van der Waals surface area contributed by atoms with Crippen molar-refractivity contribution in [2.45, 2.75) is 13.8 Å². The zero-order valence-electron chi connectivity index (χ0n) is 29.7. The van der Waals surface area contributed by atoms with E-state index in [0.717, 1.165) is 82.8 Å². The average molecular weight is 693 g/mol. The van der Waals surface area contributed by atoms with E-state index in [1.54, 1.807) is 0 Å². The minimum Gasteiger partial charge on any atom is -0.308 e. The topological polar surface area (TPSA) is 72.3 Å². The quantitative estimate of drug-likeness (QED) is 0.180. The van der Waals surface area contributed by atoms with Crippen LogP contribution in [0.4, 0.5) is 0 Å². The molecule has 0 unspecified atom stereocenters. The van der Waals surface area contributed by atoms with E-state index in [2.05, 4.69) is 166 Å². The number of aryl methyl sites for hydroxylation is 2. The van der Waals surface area contributed by atoms with Crippen LogP contribution in [0.1, 0.15) is 17.2 Å². The fourth-order valence-corrected chi connectivity index (χ4v) is 8.03. The maximum Gasteiger partial charge on any atom is 0.163 e. The van der Waals surface area contributed by atoms with Crippen LogP contribution in [-0.4, -0.2) is 24.1 Å². The van der Waals surface area contributed by atoms with Crippen molar-refractivity contribution in [2.75, 3.05) is 0 Å². The fourth-order valence-electron chi connectivity index (χ4n) is 8.03. The highest BCUT2D eigenvalue weighted by Crippen LogP contribution is 2.41. The van der Waals surface area contributed by atoms with E-state index in [1.807, 2.05) is 26.0 Å². The summed E-state index contributed by atoms with van der Waals surface area (Å²) in [6.45, 7) is 3.78. The Morgan fingerprint density at radius 2 is 0.833 bits per heavy atom. The molecular weight excluding hydrogens is 661 g/mol. The molecule has 6 nitrogen and oxygen atoms in total. The zero-order chi connectivity index (χ0) is 36.3. The third-order valence-corrected chi connectivity index (χ3v) is 10.4. The zero-order valence-corrected chi connectivity index (χ0v) is 29.7. The van der Waals surface area contributed by atoms with Crippen molar-refractivity contribution < 1.29 is 0 Å². The Morgan fingerprint density at radius 1 is 0.407 bits per heavy atom. The first-order chi connectivity index (χ1) is 26.6. The Labute approximate surface area is 311 Å². The summed E-state index contributed by atoms with van der Waals surface area (Å²) in [7, 11) is 0. The summed E-state index contributed by atoms with van der Waals surface area (Å²) in [5.74, 6) is 1.83. The highest BCUT2D eigenvalue weighted by Gasteiger charge is 2.24. The largest absolute Gasteiger partial charge is 0.308 e. The Hall–Kier alpha value is -7.36. The number of para-hydroxylation sites is 2. The minimum atomic E-state index is 0.543. The van der Waals surface area contributed by atoms with Crippen LogP contribution < -0.4 is 0 Å². The van der Waals surface area contributed by atoms with Gasteiger partial charge in [0.25, 0.3) is 0 Å². The summed E-state index contributed by atoms with van der Waals surface area (Å²) in [6, 6.07) is 57.8. The molecule has 0 bridgehead atoms. The summed E-state index contributed by atoms with van der Waals surface area (Å²) >= 11 is 0. The molecule has 0 aliphatic carbocycles. The lowest BCUT2D eigenvalue weighted by Crippen LogP contribution is -2.07. The maximum atomic E-state index is 11.4. The number of aromatic nitrogens is 5. The first-order valence-electron chi connectivity index (χ1n) is 18.0. The number of nitrogens with zero attached hydrogens (tertiary/aromatic N) is 6. The first kappa shape index (κ1) is 31.4. The number of hydrogen-bond acceptors (Lipinski definition) is 4. The maximum absolute atomic E-state index is 11.4. The summed E-state index contributed by atoms with van der Waals surface area (Å²) in [4.78, 5) is 14.2. The molecule has 10 rings (SSSR count). The third-order valence-electron chi connectivity index (χ3n) is 10.4. The molecule has 0 atom stereocenters. The van der Waals surface area contributed by atoms with Gasteiger partial charge in [0.1, 0.15) is 23.3 Å². The molecule has 3 aromatic heterocycles. The molecule has 0 aliphatic rings. The van der Waals surface area contributed by atoms with Crippen molar-refractivity contribution in [1.82, 2.24) is 24.1 Å². The Balaban J connectivity index is 1.35. The Morgan fingerprint density at radius 3 is 1.30 bits per heavy atom. The second-order valence-corrected chi connectivity index (χ2v) is 13.7. The summed E-state index contributed by atoms with van der Waals surface area (Å²) in [6.07, 6.45) is 0. The highest BCUT2D eigenvalue weighted by atomic mass is 15.0. The van der Waals surface area contributed by atoms with Gasteiger partial charge >= 0.3 is 0 Å². The van der Waals surface area contributed by atoms with Crippen molar-refractivity contribution in [2.24, 2.45) is 0 Å². The summed E-state index contributed by atoms with van der Waals surface area (Å²) < 4.78 is 4.49. The van der Waals surface area contributed by atoms with E-state index < -0.39 is 0 Å². The molecule has 0 saturated carbocycles. The van der Waals surface area contributed by atoms with Gasteiger partial charge in [-0.15, -0.1) is 0 Å². The fraction of sp³-hybridized carbons (Fsp3) is 0.0417. The van der Waals surface area contributed by atoms with E-state index in [4.69, 9.17) is 9.97 Å². The molecule has 0 spiro atoms. The van der Waals surface area contributed by atoms with Gasteiger partial charge in [-0.25, -0.2) is 15.0 Å². The van der Waals surface area contributed by atoms with Crippen LogP contribution in [-0.2, 0) is 0 Å². The van der Waals surface area contributed by atoms with Gasteiger partial charge in [0.15, 0.2) is 5.82 Å². The van der Waals surface area contributed by atoms with E-state index in [1.165, 1.54) is 0 Å². The van der Waals surface area contributed by atoms with E-state index in [9.17, 15) is 5.26 Å². The summed E-state index contributed by atoms with van der Waals surface area (Å²) in [5, 5.41) is 15.8. The lowest BCUT2D eigenvalue weighted by Gasteiger charge is -2.18. The predicted octanol–water partition coefficient (Wildman–Crippen LogP) is 11.6. The average Bonchev–Trinajstić information content (AvgIpc) is 3.72. The molecule has 0 aliphatic heterocycles. The van der Waals surface area contributed by atoms with Crippen LogP contribution in [0.3, 0.4) is 0 Å². The van der Waals surface area contributed by atoms with Gasteiger partial charge in [-0.05, 0) is 72.5 Å². The van der Waals surface area contributed by atoms with Crippen LogP contribution in [0.15, 0.2) is 158 Å². The van der Waals surface area contributed by atoms with E-state index >= 15 is 0 Å². The smallest absolute Gasteiger partial charge is 0.163 e. The standard InChI is InChI=1S/C48H32N6/c1-30-50-31(2)52-48(51-30)36-27-46(53-42-19-11-9-17-37(42)39-23-21-34(25-44(39)53)32-13-5-3-6-14-32)41(29-49)47(28-36)54-43-20-12-10-18-38(43)40-24-22-35(26-45(40)54)33-15-7-4-8-16-33/h3-28H,1-2H3. The molecule has 0 saturated heterocycles. The van der Waals surface area contributed by atoms with Gasteiger partial charge in [0, 0.05) is 27.1 Å².